The molecule has 44 heavy (non-hydrogen) atoms. The standard InChI is InChI=1S/C35H46N6O3/c1-6-7-33(42)39-19-27-10-29(15-36-13-27)21-40(34(43)8-25(2)3)23-31-12-32(18-38-17-31)24-41(35(44)9-26(4)5)22-30-11-28(20-39)14-37-16-30/h10-18,25-26H,6-9,19-24H2,1-5H3. The van der Waals surface area contributed by atoms with Gasteiger partial charge < -0.3 is 14.7 Å². The normalized spacial score (nSPS) is 14.4. The number of nitrogens with zero attached hydrogens (tertiary/aromatic N) is 6. The lowest BCUT2D eigenvalue weighted by Crippen LogP contribution is -2.32. The number of carbonyl (C=O) groups excluding carboxylic acids is 3. The fourth-order valence-electron chi connectivity index (χ4n) is 5.49. The highest BCUT2D eigenvalue weighted by Crippen LogP contribution is 2.20. The van der Waals surface area contributed by atoms with Gasteiger partial charge in [0.15, 0.2) is 0 Å². The number of amides is 3. The molecule has 0 atom stereocenters. The predicted molar refractivity (Wildman–Crippen MR) is 169 cm³/mol. The molecule has 3 aromatic heterocycles. The maximum atomic E-state index is 13.4. The summed E-state index contributed by atoms with van der Waals surface area (Å²) in [5, 5.41) is 0. The lowest BCUT2D eigenvalue weighted by Gasteiger charge is -2.27. The largest absolute Gasteiger partial charge is 0.334 e. The minimum Gasteiger partial charge on any atom is -0.334 e. The van der Waals surface area contributed by atoms with Gasteiger partial charge >= 0.3 is 0 Å². The molecule has 0 saturated heterocycles. The fourth-order valence-corrected chi connectivity index (χ4v) is 5.49. The zero-order valence-corrected chi connectivity index (χ0v) is 26.8. The molecule has 0 saturated carbocycles. The Morgan fingerprint density at radius 1 is 0.545 bits per heavy atom. The molecule has 0 spiro atoms. The lowest BCUT2D eigenvalue weighted by molar-refractivity contribution is -0.134. The van der Waals surface area contributed by atoms with Crippen molar-refractivity contribution in [2.24, 2.45) is 11.8 Å². The molecule has 0 aromatic carbocycles. The van der Waals surface area contributed by atoms with Crippen LogP contribution in [-0.2, 0) is 53.7 Å². The number of aromatic nitrogens is 3. The summed E-state index contributed by atoms with van der Waals surface area (Å²) >= 11 is 0. The van der Waals surface area contributed by atoms with E-state index in [-0.39, 0.29) is 29.6 Å². The smallest absolute Gasteiger partial charge is 0.223 e. The first-order valence-corrected chi connectivity index (χ1v) is 15.7. The summed E-state index contributed by atoms with van der Waals surface area (Å²) in [6, 6.07) is 6.13. The summed E-state index contributed by atoms with van der Waals surface area (Å²) in [7, 11) is 0. The van der Waals surface area contributed by atoms with Gasteiger partial charge in [-0.3, -0.25) is 29.3 Å². The van der Waals surface area contributed by atoms with E-state index in [0.717, 1.165) is 39.8 Å². The van der Waals surface area contributed by atoms with E-state index < -0.39 is 0 Å². The fraction of sp³-hybridized carbons (Fsp3) is 0.486. The molecule has 6 bridgehead atoms. The second-order valence-electron chi connectivity index (χ2n) is 12.8. The molecule has 0 radical (unpaired) electrons. The van der Waals surface area contributed by atoms with E-state index in [1.165, 1.54) is 0 Å². The van der Waals surface area contributed by atoms with Crippen LogP contribution in [0.5, 0.6) is 0 Å². The van der Waals surface area contributed by atoms with Crippen LogP contribution in [0.2, 0.25) is 0 Å². The molecule has 4 rings (SSSR count). The van der Waals surface area contributed by atoms with Crippen molar-refractivity contribution < 1.29 is 14.4 Å². The van der Waals surface area contributed by atoms with Gasteiger partial charge in [0.25, 0.3) is 0 Å². The van der Waals surface area contributed by atoms with Crippen molar-refractivity contribution in [3.63, 3.8) is 0 Å². The molecular formula is C35H46N6O3. The minimum atomic E-state index is 0.0599. The van der Waals surface area contributed by atoms with Crippen molar-refractivity contribution in [1.29, 1.82) is 0 Å². The maximum absolute atomic E-state index is 13.4. The van der Waals surface area contributed by atoms with Gasteiger partial charge in [0.05, 0.1) is 0 Å². The Kier molecular flexibility index (Phi) is 11.6. The van der Waals surface area contributed by atoms with E-state index in [1.807, 2.05) is 67.5 Å². The zero-order chi connectivity index (χ0) is 31.6. The van der Waals surface area contributed by atoms with Gasteiger partial charge in [-0.15, -0.1) is 0 Å². The van der Waals surface area contributed by atoms with Crippen LogP contribution in [-0.4, -0.2) is 47.4 Å². The van der Waals surface area contributed by atoms with Gasteiger partial charge in [-0.2, -0.15) is 0 Å². The van der Waals surface area contributed by atoms with Crippen LogP contribution in [0.25, 0.3) is 0 Å². The first-order valence-electron chi connectivity index (χ1n) is 15.7. The van der Waals surface area contributed by atoms with E-state index >= 15 is 0 Å². The highest BCUT2D eigenvalue weighted by atomic mass is 16.2. The van der Waals surface area contributed by atoms with E-state index in [4.69, 9.17) is 0 Å². The molecule has 9 heteroatoms. The van der Waals surface area contributed by atoms with E-state index in [2.05, 4.69) is 15.0 Å². The van der Waals surface area contributed by atoms with E-state index in [0.29, 0.717) is 58.5 Å². The average molecular weight is 599 g/mol. The van der Waals surface area contributed by atoms with Crippen LogP contribution in [0.4, 0.5) is 0 Å². The van der Waals surface area contributed by atoms with Gasteiger partial charge in [-0.05, 0) is 69.8 Å². The van der Waals surface area contributed by atoms with Crippen LogP contribution in [0.1, 0.15) is 93.7 Å². The second kappa shape index (κ2) is 15.5. The molecule has 1 aliphatic rings. The summed E-state index contributed by atoms with van der Waals surface area (Å²) in [4.78, 5) is 59.2. The molecule has 3 amide bonds. The van der Waals surface area contributed by atoms with Gasteiger partial charge in [-0.25, -0.2) is 0 Å². The highest BCUT2D eigenvalue weighted by Gasteiger charge is 2.21. The Bertz CT molecular complexity index is 1340. The third kappa shape index (κ3) is 9.69. The lowest BCUT2D eigenvalue weighted by atomic mass is 10.1. The zero-order valence-electron chi connectivity index (χ0n) is 26.8. The maximum Gasteiger partial charge on any atom is 0.223 e. The van der Waals surface area contributed by atoms with Crippen molar-refractivity contribution in [1.82, 2.24) is 29.7 Å². The molecule has 1 aliphatic heterocycles. The van der Waals surface area contributed by atoms with Gasteiger partial charge in [-0.1, -0.05) is 34.6 Å². The Hall–Kier alpha value is -4.14. The van der Waals surface area contributed by atoms with Crippen LogP contribution in [0, 0.1) is 11.8 Å². The molecule has 0 fully saturated rings. The molecule has 0 N–H and O–H groups in total. The number of rotatable bonds is 6. The van der Waals surface area contributed by atoms with Crippen LogP contribution < -0.4 is 0 Å². The Morgan fingerprint density at radius 2 is 0.818 bits per heavy atom. The predicted octanol–water partition coefficient (Wildman–Crippen LogP) is 5.66. The summed E-state index contributed by atoms with van der Waals surface area (Å²) in [6.45, 7) is 12.5. The third-order valence-corrected chi connectivity index (χ3v) is 7.48. The minimum absolute atomic E-state index is 0.0599. The van der Waals surface area contributed by atoms with E-state index in [1.54, 1.807) is 37.2 Å². The molecule has 0 unspecified atom stereocenters. The highest BCUT2D eigenvalue weighted by molar-refractivity contribution is 5.77. The molecule has 234 valence electrons. The first-order chi connectivity index (χ1) is 21.1. The van der Waals surface area contributed by atoms with Crippen molar-refractivity contribution in [2.75, 3.05) is 0 Å². The third-order valence-electron chi connectivity index (χ3n) is 7.48. The Labute approximate surface area is 261 Å². The number of pyridine rings is 3. The monoisotopic (exact) mass is 598 g/mol. The summed E-state index contributed by atoms with van der Waals surface area (Å²) < 4.78 is 0. The van der Waals surface area contributed by atoms with Gasteiger partial charge in [0.1, 0.15) is 0 Å². The molecule has 3 aromatic rings. The van der Waals surface area contributed by atoms with Crippen molar-refractivity contribution in [2.45, 2.75) is 99.6 Å². The summed E-state index contributed by atoms with van der Waals surface area (Å²) in [5.41, 5.74) is 5.43. The van der Waals surface area contributed by atoms with Crippen LogP contribution in [0.15, 0.2) is 55.4 Å². The van der Waals surface area contributed by atoms with Gasteiger partial charge in [0.2, 0.25) is 17.7 Å². The molecule has 9 nitrogen and oxygen atoms in total. The number of hydrogen-bond acceptors (Lipinski definition) is 6. The van der Waals surface area contributed by atoms with Crippen molar-refractivity contribution in [3.05, 3.63) is 88.8 Å². The SMILES string of the molecule is CCCC(=O)N1Cc2cncc(c2)CN(C(=O)CC(C)C)Cc2cncc(c2)CN(C(=O)CC(C)C)Cc2cncc(c2)C1. The van der Waals surface area contributed by atoms with Crippen LogP contribution >= 0.6 is 0 Å². The number of hydrogen-bond donors (Lipinski definition) is 0. The van der Waals surface area contributed by atoms with Crippen LogP contribution in [0.3, 0.4) is 0 Å². The first kappa shape index (κ1) is 32.8. The second-order valence-corrected chi connectivity index (χ2v) is 12.8. The Morgan fingerprint density at radius 3 is 1.07 bits per heavy atom. The molecule has 0 aliphatic carbocycles. The quantitative estimate of drug-likeness (QED) is 0.363. The van der Waals surface area contributed by atoms with Gasteiger partial charge in [0, 0.05) is 95.7 Å². The topological polar surface area (TPSA) is 99.6 Å². The van der Waals surface area contributed by atoms with Crippen molar-refractivity contribution >= 4 is 17.7 Å². The Balaban J connectivity index is 1.77. The van der Waals surface area contributed by atoms with E-state index in [9.17, 15) is 14.4 Å². The molecular weight excluding hydrogens is 552 g/mol. The van der Waals surface area contributed by atoms with Crippen molar-refractivity contribution in [3.8, 4) is 0 Å². The summed E-state index contributed by atoms with van der Waals surface area (Å²) in [6.07, 6.45) is 12.8. The molecule has 4 heterocycles. The number of fused-ring (bicyclic) bond motifs is 6. The summed E-state index contributed by atoms with van der Waals surface area (Å²) in [5.74, 6) is 0.616. The average Bonchev–Trinajstić information content (AvgIpc) is 2.96. The number of carbonyl (C=O) groups is 3.